The molecule has 0 atom stereocenters. The third kappa shape index (κ3) is 3.01. The third-order valence-electron chi connectivity index (χ3n) is 0.703. The van der Waals surface area contributed by atoms with Gasteiger partial charge in [0, 0.05) is 5.54 Å². The summed E-state index contributed by atoms with van der Waals surface area (Å²) >= 11 is 9.36. The molecule has 0 unspecified atom stereocenters. The van der Waals surface area contributed by atoms with E-state index in [1.165, 1.54) is 5.54 Å². The first-order valence-electron chi connectivity index (χ1n) is 2.17. The van der Waals surface area contributed by atoms with Crippen molar-refractivity contribution in [1.82, 2.24) is 0 Å². The molecule has 0 saturated heterocycles. The van der Waals surface area contributed by atoms with Crippen LogP contribution >= 0.6 is 24.2 Å². The lowest BCUT2D eigenvalue weighted by atomic mass is 10.2. The normalized spacial score (nSPS) is 13.0. The van der Waals surface area contributed by atoms with Gasteiger partial charge < -0.3 is 0 Å². The molecule has 0 aromatic carbocycles. The SMILES string of the molecule is CC(C)/C(S)=C\Cl. The fourth-order valence-corrected chi connectivity index (χ4v) is 0.378. The molecule has 0 aliphatic rings. The van der Waals surface area contributed by atoms with Crippen LogP contribution in [0, 0.1) is 5.92 Å². The molecule has 0 nitrogen and oxygen atoms in total. The topological polar surface area (TPSA) is 0 Å². The Balaban J connectivity index is 3.56. The Kier molecular flexibility index (Phi) is 3.57. The summed E-state index contributed by atoms with van der Waals surface area (Å²) in [6.07, 6.45) is 0. The van der Waals surface area contributed by atoms with Crippen molar-refractivity contribution in [2.75, 3.05) is 0 Å². The number of rotatable bonds is 1. The van der Waals surface area contributed by atoms with Crippen LogP contribution in [0.1, 0.15) is 13.8 Å². The van der Waals surface area contributed by atoms with E-state index in [1.54, 1.807) is 0 Å². The molecular weight excluding hydrogens is 128 g/mol. The van der Waals surface area contributed by atoms with Gasteiger partial charge in [-0.2, -0.15) is 0 Å². The first-order chi connectivity index (χ1) is 3.18. The molecule has 0 aromatic rings. The zero-order chi connectivity index (χ0) is 5.86. The van der Waals surface area contributed by atoms with Crippen LogP contribution in [0.15, 0.2) is 10.4 Å². The Morgan fingerprint density at radius 2 is 2.14 bits per heavy atom. The molecule has 2 heteroatoms. The Bertz CT molecular complexity index is 76.1. The van der Waals surface area contributed by atoms with Crippen LogP contribution in [0.3, 0.4) is 0 Å². The molecule has 0 aliphatic heterocycles. The van der Waals surface area contributed by atoms with Gasteiger partial charge in [-0.1, -0.05) is 25.4 Å². The van der Waals surface area contributed by atoms with E-state index in [4.69, 9.17) is 11.6 Å². The second kappa shape index (κ2) is 3.39. The summed E-state index contributed by atoms with van der Waals surface area (Å²) in [5, 5.41) is 0. The smallest absolute Gasteiger partial charge is 0.0138 e. The van der Waals surface area contributed by atoms with E-state index in [-0.39, 0.29) is 0 Å². The molecule has 0 heterocycles. The van der Waals surface area contributed by atoms with Crippen molar-refractivity contribution in [2.45, 2.75) is 13.8 Å². The van der Waals surface area contributed by atoms with Crippen LogP contribution in [0.2, 0.25) is 0 Å². The predicted octanol–water partition coefficient (Wildman–Crippen LogP) is 2.65. The Morgan fingerprint density at radius 1 is 1.71 bits per heavy atom. The molecular formula is C5H9ClS. The van der Waals surface area contributed by atoms with Crippen molar-refractivity contribution >= 4 is 24.2 Å². The van der Waals surface area contributed by atoms with Crippen LogP contribution in [-0.4, -0.2) is 0 Å². The van der Waals surface area contributed by atoms with Crippen LogP contribution in [0.25, 0.3) is 0 Å². The van der Waals surface area contributed by atoms with Gasteiger partial charge in [0.15, 0.2) is 0 Å². The average Bonchev–Trinajstić information content (AvgIpc) is 1.65. The van der Waals surface area contributed by atoms with Gasteiger partial charge in [-0.05, 0) is 10.8 Å². The Hall–Kier alpha value is 0.380. The summed E-state index contributed by atoms with van der Waals surface area (Å²) < 4.78 is 0. The molecule has 0 bridgehead atoms. The van der Waals surface area contributed by atoms with E-state index in [2.05, 4.69) is 12.6 Å². The van der Waals surface area contributed by atoms with Gasteiger partial charge in [0.1, 0.15) is 0 Å². The molecule has 0 radical (unpaired) electrons. The van der Waals surface area contributed by atoms with Gasteiger partial charge in [-0.15, -0.1) is 12.6 Å². The highest BCUT2D eigenvalue weighted by Gasteiger charge is 1.92. The van der Waals surface area contributed by atoms with E-state index in [9.17, 15) is 0 Å². The molecule has 0 aliphatic carbocycles. The van der Waals surface area contributed by atoms with E-state index < -0.39 is 0 Å². The van der Waals surface area contributed by atoms with Crippen molar-refractivity contribution in [3.8, 4) is 0 Å². The fraction of sp³-hybridized carbons (Fsp3) is 0.600. The highest BCUT2D eigenvalue weighted by atomic mass is 35.5. The quantitative estimate of drug-likeness (QED) is 0.527. The second-order valence-electron chi connectivity index (χ2n) is 1.69. The standard InChI is InChI=1S/C5H9ClS/c1-4(2)5(7)3-6/h3-4,7H,1-2H3/b5-3+. The maximum Gasteiger partial charge on any atom is 0.0138 e. The molecule has 0 spiro atoms. The van der Waals surface area contributed by atoms with Gasteiger partial charge in [0.25, 0.3) is 0 Å². The van der Waals surface area contributed by atoms with Crippen molar-refractivity contribution < 1.29 is 0 Å². The molecule has 0 aromatic heterocycles. The van der Waals surface area contributed by atoms with Gasteiger partial charge in [0.05, 0.1) is 0 Å². The Morgan fingerprint density at radius 3 is 2.14 bits per heavy atom. The lowest BCUT2D eigenvalue weighted by Crippen LogP contribution is -1.82. The van der Waals surface area contributed by atoms with Crippen LogP contribution in [-0.2, 0) is 0 Å². The lowest BCUT2D eigenvalue weighted by molar-refractivity contribution is 0.820. The minimum atomic E-state index is 0.459. The molecule has 7 heavy (non-hydrogen) atoms. The van der Waals surface area contributed by atoms with Gasteiger partial charge >= 0.3 is 0 Å². The maximum atomic E-state index is 5.31. The fourth-order valence-electron chi connectivity index (χ4n) is 0.126. The second-order valence-corrected chi connectivity index (χ2v) is 2.42. The highest BCUT2D eigenvalue weighted by Crippen LogP contribution is 2.13. The molecule has 0 N–H and O–H groups in total. The van der Waals surface area contributed by atoms with E-state index in [0.717, 1.165) is 4.91 Å². The summed E-state index contributed by atoms with van der Waals surface area (Å²) in [7, 11) is 0. The minimum Gasteiger partial charge on any atom is -0.147 e. The molecule has 0 saturated carbocycles. The zero-order valence-corrected chi connectivity index (χ0v) is 6.13. The number of allylic oxidation sites excluding steroid dienone is 1. The maximum absolute atomic E-state index is 5.31. The molecule has 0 fully saturated rings. The van der Waals surface area contributed by atoms with Gasteiger partial charge in [-0.25, -0.2) is 0 Å². The van der Waals surface area contributed by atoms with Crippen molar-refractivity contribution in [2.24, 2.45) is 5.92 Å². The first kappa shape index (κ1) is 7.38. The monoisotopic (exact) mass is 136 g/mol. The minimum absolute atomic E-state index is 0.459. The third-order valence-corrected chi connectivity index (χ3v) is 1.74. The van der Waals surface area contributed by atoms with E-state index in [1.807, 2.05) is 13.8 Å². The van der Waals surface area contributed by atoms with Crippen molar-refractivity contribution in [3.05, 3.63) is 10.4 Å². The summed E-state index contributed by atoms with van der Waals surface area (Å²) in [5.74, 6) is 0.459. The van der Waals surface area contributed by atoms with Crippen LogP contribution in [0.4, 0.5) is 0 Å². The number of thiol groups is 1. The van der Waals surface area contributed by atoms with E-state index >= 15 is 0 Å². The summed E-state index contributed by atoms with van der Waals surface area (Å²) in [5.41, 5.74) is 1.49. The molecule has 0 rings (SSSR count). The summed E-state index contributed by atoms with van der Waals surface area (Å²) in [4.78, 5) is 0.932. The molecule has 42 valence electrons. The Labute approximate surface area is 55.0 Å². The van der Waals surface area contributed by atoms with Crippen molar-refractivity contribution in [1.29, 1.82) is 0 Å². The highest BCUT2D eigenvalue weighted by molar-refractivity contribution is 7.84. The average molecular weight is 137 g/mol. The number of hydrogen-bond acceptors (Lipinski definition) is 1. The number of halogens is 1. The lowest BCUT2D eigenvalue weighted by Gasteiger charge is -1.98. The first-order valence-corrected chi connectivity index (χ1v) is 3.06. The van der Waals surface area contributed by atoms with Gasteiger partial charge in [0.2, 0.25) is 0 Å². The number of hydrogen-bond donors (Lipinski definition) is 1. The van der Waals surface area contributed by atoms with Crippen LogP contribution in [0.5, 0.6) is 0 Å². The van der Waals surface area contributed by atoms with Crippen LogP contribution < -0.4 is 0 Å². The zero-order valence-electron chi connectivity index (χ0n) is 4.48. The summed E-state index contributed by atoms with van der Waals surface area (Å²) in [6, 6.07) is 0. The molecule has 0 amide bonds. The predicted molar refractivity (Wildman–Crippen MR) is 37.8 cm³/mol. The summed E-state index contributed by atoms with van der Waals surface area (Å²) in [6.45, 7) is 4.09. The largest absolute Gasteiger partial charge is 0.147 e. The van der Waals surface area contributed by atoms with E-state index in [0.29, 0.717) is 5.92 Å². The van der Waals surface area contributed by atoms with Crippen molar-refractivity contribution in [3.63, 3.8) is 0 Å². The van der Waals surface area contributed by atoms with Gasteiger partial charge in [-0.3, -0.25) is 0 Å².